The SMILES string of the molecule is CCn1c(CC(C)(C)O)cc2cc(C)ccc21. The van der Waals surface area contributed by atoms with E-state index >= 15 is 0 Å². The van der Waals surface area contributed by atoms with Crippen molar-refractivity contribution in [1.82, 2.24) is 4.57 Å². The smallest absolute Gasteiger partial charge is 0.0646 e. The number of aromatic nitrogens is 1. The van der Waals surface area contributed by atoms with Crippen molar-refractivity contribution in [2.45, 2.75) is 46.3 Å². The van der Waals surface area contributed by atoms with E-state index in [1.807, 2.05) is 13.8 Å². The number of fused-ring (bicyclic) bond motifs is 1. The lowest BCUT2D eigenvalue weighted by atomic mass is 10.0. The topological polar surface area (TPSA) is 25.2 Å². The lowest BCUT2D eigenvalue weighted by Crippen LogP contribution is -2.23. The van der Waals surface area contributed by atoms with Crippen molar-refractivity contribution >= 4 is 10.9 Å². The molecule has 92 valence electrons. The van der Waals surface area contributed by atoms with Crippen LogP contribution in [0.2, 0.25) is 0 Å². The predicted molar refractivity (Wildman–Crippen MR) is 72.4 cm³/mol. The number of hydrogen-bond acceptors (Lipinski definition) is 1. The summed E-state index contributed by atoms with van der Waals surface area (Å²) in [5.41, 5.74) is 3.09. The molecule has 0 saturated heterocycles. The summed E-state index contributed by atoms with van der Waals surface area (Å²) in [7, 11) is 0. The average Bonchev–Trinajstić information content (AvgIpc) is 2.51. The first-order valence-electron chi connectivity index (χ1n) is 6.22. The first-order valence-corrected chi connectivity index (χ1v) is 6.22. The fraction of sp³-hybridized carbons (Fsp3) is 0.467. The molecule has 2 rings (SSSR count). The Balaban J connectivity index is 2.55. The van der Waals surface area contributed by atoms with Gasteiger partial charge in [0.05, 0.1) is 5.60 Å². The van der Waals surface area contributed by atoms with Gasteiger partial charge >= 0.3 is 0 Å². The van der Waals surface area contributed by atoms with Gasteiger partial charge in [0.15, 0.2) is 0 Å². The Labute approximate surface area is 103 Å². The minimum absolute atomic E-state index is 0.656. The van der Waals surface area contributed by atoms with Crippen LogP contribution in [0.25, 0.3) is 10.9 Å². The largest absolute Gasteiger partial charge is 0.390 e. The van der Waals surface area contributed by atoms with Crippen LogP contribution in [0.1, 0.15) is 32.0 Å². The third-order valence-corrected chi connectivity index (χ3v) is 3.07. The summed E-state index contributed by atoms with van der Waals surface area (Å²) in [5, 5.41) is 11.2. The molecule has 0 atom stereocenters. The molecule has 0 amide bonds. The number of aryl methyl sites for hydroxylation is 2. The lowest BCUT2D eigenvalue weighted by molar-refractivity contribution is 0.0791. The standard InChI is InChI=1S/C15H21NO/c1-5-16-13(10-15(3,4)17)9-12-8-11(2)6-7-14(12)16/h6-9,17H,5,10H2,1-4H3. The Morgan fingerprint density at radius 1 is 1.24 bits per heavy atom. The van der Waals surface area contributed by atoms with Crippen molar-refractivity contribution in [3.05, 3.63) is 35.5 Å². The molecule has 0 unspecified atom stereocenters. The van der Waals surface area contributed by atoms with Crippen molar-refractivity contribution in [3.8, 4) is 0 Å². The Morgan fingerprint density at radius 2 is 1.94 bits per heavy atom. The van der Waals surface area contributed by atoms with E-state index in [0.29, 0.717) is 6.42 Å². The number of hydrogen-bond donors (Lipinski definition) is 1. The van der Waals surface area contributed by atoms with Gasteiger partial charge in [-0.05, 0) is 45.9 Å². The van der Waals surface area contributed by atoms with Crippen molar-refractivity contribution in [2.24, 2.45) is 0 Å². The number of benzene rings is 1. The predicted octanol–water partition coefficient (Wildman–Crippen LogP) is 3.28. The zero-order valence-corrected chi connectivity index (χ0v) is 11.1. The number of rotatable bonds is 3. The summed E-state index contributed by atoms with van der Waals surface area (Å²) in [4.78, 5) is 0. The van der Waals surface area contributed by atoms with Gasteiger partial charge in [0.2, 0.25) is 0 Å². The molecule has 17 heavy (non-hydrogen) atoms. The van der Waals surface area contributed by atoms with Crippen LogP contribution >= 0.6 is 0 Å². The molecule has 0 fully saturated rings. The van der Waals surface area contributed by atoms with Crippen molar-refractivity contribution in [3.63, 3.8) is 0 Å². The molecule has 1 N–H and O–H groups in total. The third-order valence-electron chi connectivity index (χ3n) is 3.07. The van der Waals surface area contributed by atoms with Gasteiger partial charge in [-0.15, -0.1) is 0 Å². The summed E-state index contributed by atoms with van der Waals surface area (Å²) in [6.07, 6.45) is 0.689. The second-order valence-electron chi connectivity index (χ2n) is 5.43. The van der Waals surface area contributed by atoms with Crippen LogP contribution in [0.3, 0.4) is 0 Å². The second-order valence-corrected chi connectivity index (χ2v) is 5.43. The van der Waals surface area contributed by atoms with Crippen LogP contribution in [0, 0.1) is 6.92 Å². The fourth-order valence-electron chi connectivity index (χ4n) is 2.41. The first-order chi connectivity index (χ1) is 7.90. The molecule has 0 radical (unpaired) electrons. The Hall–Kier alpha value is -1.28. The molecule has 0 aliphatic heterocycles. The van der Waals surface area contributed by atoms with Crippen molar-refractivity contribution < 1.29 is 5.11 Å². The molecule has 0 aliphatic rings. The highest BCUT2D eigenvalue weighted by Crippen LogP contribution is 2.24. The maximum atomic E-state index is 9.96. The van der Waals surface area contributed by atoms with Crippen molar-refractivity contribution in [1.29, 1.82) is 0 Å². The minimum Gasteiger partial charge on any atom is -0.390 e. The molecule has 0 aliphatic carbocycles. The average molecular weight is 231 g/mol. The molecule has 0 saturated carbocycles. The highest BCUT2D eigenvalue weighted by atomic mass is 16.3. The van der Waals surface area contributed by atoms with E-state index < -0.39 is 5.60 Å². The minimum atomic E-state index is -0.656. The van der Waals surface area contributed by atoms with E-state index in [9.17, 15) is 5.11 Å². The quantitative estimate of drug-likeness (QED) is 0.861. The summed E-state index contributed by atoms with van der Waals surface area (Å²) in [6.45, 7) is 8.91. The third kappa shape index (κ3) is 2.52. The second kappa shape index (κ2) is 4.19. The molecule has 0 bridgehead atoms. The molecule has 1 aromatic heterocycles. The highest BCUT2D eigenvalue weighted by Gasteiger charge is 2.17. The molecule has 1 aromatic carbocycles. The first kappa shape index (κ1) is 12.2. The van der Waals surface area contributed by atoms with Gasteiger partial charge in [0.1, 0.15) is 0 Å². The van der Waals surface area contributed by atoms with Gasteiger partial charge in [-0.1, -0.05) is 11.6 Å². The van der Waals surface area contributed by atoms with Crippen LogP contribution in [0.5, 0.6) is 0 Å². The maximum absolute atomic E-state index is 9.96. The number of nitrogens with zero attached hydrogens (tertiary/aromatic N) is 1. The highest BCUT2D eigenvalue weighted by molar-refractivity contribution is 5.82. The zero-order chi connectivity index (χ0) is 12.6. The molecular weight excluding hydrogens is 210 g/mol. The van der Waals surface area contributed by atoms with Gasteiger partial charge in [-0.2, -0.15) is 0 Å². The van der Waals surface area contributed by atoms with Crippen LogP contribution < -0.4 is 0 Å². The van der Waals surface area contributed by atoms with Crippen LogP contribution in [0.15, 0.2) is 24.3 Å². The Bertz CT molecular complexity index is 532. The van der Waals surface area contributed by atoms with Crippen LogP contribution in [-0.4, -0.2) is 15.3 Å². The molecule has 2 heteroatoms. The van der Waals surface area contributed by atoms with Crippen LogP contribution in [0.4, 0.5) is 0 Å². The lowest BCUT2D eigenvalue weighted by Gasteiger charge is -2.18. The van der Waals surface area contributed by atoms with Gasteiger partial charge < -0.3 is 9.67 Å². The Morgan fingerprint density at radius 3 is 2.53 bits per heavy atom. The Kier molecular flexibility index (Phi) is 3.00. The molecule has 0 spiro atoms. The van der Waals surface area contributed by atoms with Crippen molar-refractivity contribution in [2.75, 3.05) is 0 Å². The monoisotopic (exact) mass is 231 g/mol. The van der Waals surface area contributed by atoms with E-state index in [1.165, 1.54) is 22.2 Å². The summed E-state index contributed by atoms with van der Waals surface area (Å²) >= 11 is 0. The van der Waals surface area contributed by atoms with E-state index in [-0.39, 0.29) is 0 Å². The molecule has 2 aromatic rings. The van der Waals surface area contributed by atoms with Gasteiger partial charge in [-0.3, -0.25) is 0 Å². The van der Waals surface area contributed by atoms with E-state index in [0.717, 1.165) is 6.54 Å². The molecule has 1 heterocycles. The van der Waals surface area contributed by atoms with E-state index in [4.69, 9.17) is 0 Å². The summed E-state index contributed by atoms with van der Waals surface area (Å²) in [5.74, 6) is 0. The molecular formula is C15H21NO. The van der Waals surface area contributed by atoms with E-state index in [1.54, 1.807) is 0 Å². The molecule has 2 nitrogen and oxygen atoms in total. The normalized spacial score (nSPS) is 12.3. The number of aliphatic hydroxyl groups is 1. The maximum Gasteiger partial charge on any atom is 0.0646 e. The zero-order valence-electron chi connectivity index (χ0n) is 11.1. The summed E-state index contributed by atoms with van der Waals surface area (Å²) in [6, 6.07) is 8.71. The van der Waals surface area contributed by atoms with Gasteiger partial charge in [0, 0.05) is 29.6 Å². The fourth-order valence-corrected chi connectivity index (χ4v) is 2.41. The van der Waals surface area contributed by atoms with E-state index in [2.05, 4.69) is 42.7 Å². The summed E-state index contributed by atoms with van der Waals surface area (Å²) < 4.78 is 2.28. The van der Waals surface area contributed by atoms with Gasteiger partial charge in [0.25, 0.3) is 0 Å². The van der Waals surface area contributed by atoms with Gasteiger partial charge in [-0.25, -0.2) is 0 Å². The van der Waals surface area contributed by atoms with Crippen LogP contribution in [-0.2, 0) is 13.0 Å².